The molecular formula is C9H18N2O. The lowest BCUT2D eigenvalue weighted by atomic mass is 10.1. The Morgan fingerprint density at radius 1 is 1.33 bits per heavy atom. The van der Waals surface area contributed by atoms with E-state index < -0.39 is 0 Å². The first-order valence-electron chi connectivity index (χ1n) is 4.74. The minimum atomic E-state index is 0.483. The summed E-state index contributed by atoms with van der Waals surface area (Å²) in [6, 6.07) is 0. The van der Waals surface area contributed by atoms with Gasteiger partial charge in [0.15, 0.2) is 0 Å². The number of hydrogen-bond acceptors (Lipinski definition) is 2. The van der Waals surface area contributed by atoms with Crippen LogP contribution in [-0.2, 0) is 4.74 Å². The van der Waals surface area contributed by atoms with Gasteiger partial charge in [0.1, 0.15) is 12.4 Å². The predicted molar refractivity (Wildman–Crippen MR) is 49.6 cm³/mol. The van der Waals surface area contributed by atoms with E-state index in [0.29, 0.717) is 19.0 Å². The number of likely N-dealkylation sites (tertiary alicyclic amines) is 1. The third kappa shape index (κ3) is 2.81. The Bertz CT molecular complexity index is 141. The van der Waals surface area contributed by atoms with E-state index in [4.69, 9.17) is 10.1 Å². The van der Waals surface area contributed by atoms with Crippen LogP contribution >= 0.6 is 0 Å². The van der Waals surface area contributed by atoms with E-state index in [9.17, 15) is 0 Å². The first-order valence-corrected chi connectivity index (χ1v) is 4.74. The molecule has 0 aromatic carbocycles. The van der Waals surface area contributed by atoms with Crippen LogP contribution in [0.15, 0.2) is 0 Å². The Labute approximate surface area is 74.2 Å². The van der Waals surface area contributed by atoms with Crippen LogP contribution in [-0.4, -0.2) is 37.0 Å². The molecule has 1 saturated heterocycles. The summed E-state index contributed by atoms with van der Waals surface area (Å²) in [7, 11) is 0. The number of hydrogen-bond donors (Lipinski definition) is 1. The molecular weight excluding hydrogens is 152 g/mol. The quantitative estimate of drug-likeness (QED) is 0.514. The van der Waals surface area contributed by atoms with Crippen LogP contribution in [0.1, 0.15) is 26.2 Å². The highest BCUT2D eigenvalue weighted by molar-refractivity contribution is 5.80. The Morgan fingerprint density at radius 3 is 2.58 bits per heavy atom. The van der Waals surface area contributed by atoms with Gasteiger partial charge in [-0.25, -0.2) is 0 Å². The minimum absolute atomic E-state index is 0.483. The van der Waals surface area contributed by atoms with Gasteiger partial charge in [-0.15, -0.1) is 0 Å². The summed E-state index contributed by atoms with van der Waals surface area (Å²) in [5.74, 6) is 0.650. The van der Waals surface area contributed by atoms with Gasteiger partial charge in [0.25, 0.3) is 0 Å². The molecule has 70 valence electrons. The molecule has 0 bridgehead atoms. The first-order chi connectivity index (χ1) is 5.84. The molecule has 1 N–H and O–H groups in total. The van der Waals surface area contributed by atoms with Gasteiger partial charge in [-0.05, 0) is 26.2 Å². The van der Waals surface area contributed by atoms with E-state index in [1.54, 1.807) is 0 Å². The third-order valence-corrected chi connectivity index (χ3v) is 2.18. The second kappa shape index (κ2) is 5.14. The summed E-state index contributed by atoms with van der Waals surface area (Å²) in [4.78, 5) is 2.12. The maximum atomic E-state index is 7.69. The number of rotatable bonds is 3. The first kappa shape index (κ1) is 9.52. The molecule has 3 nitrogen and oxygen atoms in total. The average molecular weight is 170 g/mol. The number of piperidine rings is 1. The monoisotopic (exact) mass is 170 g/mol. The fourth-order valence-electron chi connectivity index (χ4n) is 1.45. The van der Waals surface area contributed by atoms with Gasteiger partial charge >= 0.3 is 0 Å². The molecule has 0 atom stereocenters. The van der Waals surface area contributed by atoms with E-state index in [0.717, 1.165) is 13.1 Å². The molecule has 3 heteroatoms. The topological polar surface area (TPSA) is 36.3 Å². The summed E-state index contributed by atoms with van der Waals surface area (Å²) in [6.07, 6.45) is 3.78. The zero-order chi connectivity index (χ0) is 8.81. The summed E-state index contributed by atoms with van der Waals surface area (Å²) < 4.78 is 5.18. The highest BCUT2D eigenvalue weighted by Gasteiger charge is 2.12. The number of amidine groups is 1. The molecule has 1 rings (SSSR count). The van der Waals surface area contributed by atoms with Gasteiger partial charge < -0.3 is 9.64 Å². The predicted octanol–water partition coefficient (Wildman–Crippen LogP) is 1.49. The van der Waals surface area contributed by atoms with E-state index in [1.165, 1.54) is 19.3 Å². The zero-order valence-corrected chi connectivity index (χ0v) is 7.81. The van der Waals surface area contributed by atoms with Crippen LogP contribution in [0.3, 0.4) is 0 Å². The van der Waals surface area contributed by atoms with Crippen molar-refractivity contribution in [2.75, 3.05) is 26.3 Å². The number of nitrogens with one attached hydrogen (secondary N) is 1. The van der Waals surface area contributed by atoms with Crippen molar-refractivity contribution in [3.63, 3.8) is 0 Å². The zero-order valence-electron chi connectivity index (χ0n) is 7.81. The lowest BCUT2D eigenvalue weighted by Crippen LogP contribution is -2.37. The van der Waals surface area contributed by atoms with Crippen molar-refractivity contribution < 1.29 is 4.74 Å². The van der Waals surface area contributed by atoms with Crippen LogP contribution in [0, 0.1) is 5.41 Å². The van der Waals surface area contributed by atoms with Crippen molar-refractivity contribution in [3.05, 3.63) is 0 Å². The summed E-state index contributed by atoms with van der Waals surface area (Å²) >= 11 is 0. The molecule has 0 amide bonds. The molecule has 1 heterocycles. The molecule has 0 unspecified atom stereocenters. The molecule has 0 radical (unpaired) electrons. The standard InChI is InChI=1S/C9H18N2O/c1-2-12-8-9(10)11-6-4-3-5-7-11/h10H,2-8H2,1H3. The van der Waals surface area contributed by atoms with Gasteiger partial charge in [0.05, 0.1) is 0 Å². The molecule has 0 saturated carbocycles. The molecule has 0 aromatic heterocycles. The normalized spacial score (nSPS) is 17.9. The average Bonchev–Trinajstić information content (AvgIpc) is 2.15. The maximum Gasteiger partial charge on any atom is 0.122 e. The lowest BCUT2D eigenvalue weighted by Gasteiger charge is -2.28. The largest absolute Gasteiger partial charge is 0.374 e. The molecule has 0 aromatic rings. The molecule has 1 aliphatic heterocycles. The van der Waals surface area contributed by atoms with Gasteiger partial charge in [-0.3, -0.25) is 5.41 Å². The fraction of sp³-hybridized carbons (Fsp3) is 0.889. The fourth-order valence-corrected chi connectivity index (χ4v) is 1.45. The minimum Gasteiger partial charge on any atom is -0.374 e. The maximum absolute atomic E-state index is 7.69. The van der Waals surface area contributed by atoms with E-state index in [2.05, 4.69) is 4.90 Å². The highest BCUT2D eigenvalue weighted by atomic mass is 16.5. The Balaban J connectivity index is 2.20. The number of nitrogens with zero attached hydrogens (tertiary/aromatic N) is 1. The summed E-state index contributed by atoms with van der Waals surface area (Å²) in [6.45, 7) is 5.24. The second-order valence-electron chi connectivity index (χ2n) is 3.13. The van der Waals surface area contributed by atoms with Crippen LogP contribution in [0.5, 0.6) is 0 Å². The van der Waals surface area contributed by atoms with E-state index in [1.807, 2.05) is 6.92 Å². The molecule has 1 aliphatic rings. The van der Waals surface area contributed by atoms with Crippen molar-refractivity contribution >= 4 is 5.84 Å². The summed E-state index contributed by atoms with van der Waals surface area (Å²) in [5, 5.41) is 7.69. The highest BCUT2D eigenvalue weighted by Crippen LogP contribution is 2.08. The van der Waals surface area contributed by atoms with Gasteiger partial charge in [-0.1, -0.05) is 0 Å². The van der Waals surface area contributed by atoms with Crippen molar-refractivity contribution in [3.8, 4) is 0 Å². The van der Waals surface area contributed by atoms with Crippen LogP contribution in [0.4, 0.5) is 0 Å². The van der Waals surface area contributed by atoms with E-state index in [-0.39, 0.29) is 0 Å². The number of ether oxygens (including phenoxy) is 1. The molecule has 0 aliphatic carbocycles. The third-order valence-electron chi connectivity index (χ3n) is 2.18. The lowest BCUT2D eigenvalue weighted by molar-refractivity contribution is 0.173. The Kier molecular flexibility index (Phi) is 4.08. The Morgan fingerprint density at radius 2 is 2.00 bits per heavy atom. The Hall–Kier alpha value is -0.570. The van der Waals surface area contributed by atoms with Gasteiger partial charge in [-0.2, -0.15) is 0 Å². The second-order valence-corrected chi connectivity index (χ2v) is 3.13. The van der Waals surface area contributed by atoms with Crippen LogP contribution in [0.2, 0.25) is 0 Å². The van der Waals surface area contributed by atoms with Crippen LogP contribution in [0.25, 0.3) is 0 Å². The summed E-state index contributed by atoms with van der Waals surface area (Å²) in [5.41, 5.74) is 0. The molecule has 12 heavy (non-hydrogen) atoms. The van der Waals surface area contributed by atoms with Gasteiger partial charge in [0.2, 0.25) is 0 Å². The van der Waals surface area contributed by atoms with Crippen molar-refractivity contribution in [1.82, 2.24) is 4.90 Å². The van der Waals surface area contributed by atoms with Crippen LogP contribution < -0.4 is 0 Å². The van der Waals surface area contributed by atoms with Crippen molar-refractivity contribution in [1.29, 1.82) is 5.41 Å². The van der Waals surface area contributed by atoms with Gasteiger partial charge in [0, 0.05) is 19.7 Å². The van der Waals surface area contributed by atoms with E-state index >= 15 is 0 Å². The molecule has 1 fully saturated rings. The smallest absolute Gasteiger partial charge is 0.122 e. The van der Waals surface area contributed by atoms with Crippen molar-refractivity contribution in [2.24, 2.45) is 0 Å². The van der Waals surface area contributed by atoms with Crippen molar-refractivity contribution in [2.45, 2.75) is 26.2 Å². The molecule has 0 spiro atoms. The SMILES string of the molecule is CCOCC(=N)N1CCCCC1.